The van der Waals surface area contributed by atoms with E-state index in [4.69, 9.17) is 4.42 Å². The van der Waals surface area contributed by atoms with Crippen LogP contribution in [0, 0.1) is 6.92 Å². The molecule has 1 aliphatic rings. The molecule has 1 aliphatic heterocycles. The number of likely N-dealkylation sites (tertiary alicyclic amines) is 1. The number of pyridine rings is 1. The summed E-state index contributed by atoms with van der Waals surface area (Å²) >= 11 is 0. The normalized spacial score (nSPS) is 19.0. The van der Waals surface area contributed by atoms with E-state index >= 15 is 0 Å². The molecule has 0 aromatic carbocycles. The van der Waals surface area contributed by atoms with E-state index in [2.05, 4.69) is 15.2 Å². The molecule has 1 saturated heterocycles. The molecule has 128 valence electrons. The van der Waals surface area contributed by atoms with Crippen molar-refractivity contribution < 1.29 is 9.21 Å². The summed E-state index contributed by atoms with van der Waals surface area (Å²) in [5.41, 5.74) is 0.875. The standard InChI is InChI=1S/C19H25N3O2/c1-15-9-10-18(24-15)17-8-3-2-6-12-22(17)14-19(23)21-13-16-7-4-5-11-20-16/h4-5,7,9-11,17H,2-3,6,8,12-14H2,1H3,(H,21,23)/t17-/m0/s1. The van der Waals surface area contributed by atoms with E-state index in [0.717, 1.165) is 36.6 Å². The molecule has 24 heavy (non-hydrogen) atoms. The van der Waals surface area contributed by atoms with E-state index in [-0.39, 0.29) is 11.9 Å². The fourth-order valence-electron chi connectivity index (χ4n) is 3.24. The van der Waals surface area contributed by atoms with Gasteiger partial charge in [0, 0.05) is 6.20 Å². The number of rotatable bonds is 5. The van der Waals surface area contributed by atoms with Gasteiger partial charge in [-0.15, -0.1) is 0 Å². The minimum Gasteiger partial charge on any atom is -0.465 e. The highest BCUT2D eigenvalue weighted by Gasteiger charge is 2.26. The van der Waals surface area contributed by atoms with Gasteiger partial charge in [0.15, 0.2) is 0 Å². The second-order valence-corrected chi connectivity index (χ2v) is 6.38. The second kappa shape index (κ2) is 8.11. The van der Waals surface area contributed by atoms with Gasteiger partial charge in [0.2, 0.25) is 5.91 Å². The molecular formula is C19H25N3O2. The van der Waals surface area contributed by atoms with Gasteiger partial charge in [0.25, 0.3) is 0 Å². The Kier molecular flexibility index (Phi) is 5.64. The molecule has 2 aromatic heterocycles. The molecule has 0 spiro atoms. The van der Waals surface area contributed by atoms with Crippen molar-refractivity contribution in [2.24, 2.45) is 0 Å². The molecule has 5 nitrogen and oxygen atoms in total. The first-order valence-corrected chi connectivity index (χ1v) is 8.69. The fraction of sp³-hybridized carbons (Fsp3) is 0.474. The Morgan fingerprint density at radius 3 is 2.96 bits per heavy atom. The van der Waals surface area contributed by atoms with Gasteiger partial charge in [-0.3, -0.25) is 14.7 Å². The summed E-state index contributed by atoms with van der Waals surface area (Å²) in [6.45, 7) is 3.76. The van der Waals surface area contributed by atoms with E-state index in [1.54, 1.807) is 6.20 Å². The van der Waals surface area contributed by atoms with Crippen molar-refractivity contribution in [2.75, 3.05) is 13.1 Å². The van der Waals surface area contributed by atoms with Crippen molar-refractivity contribution >= 4 is 5.91 Å². The number of hydrogen-bond acceptors (Lipinski definition) is 4. The largest absolute Gasteiger partial charge is 0.465 e. The van der Waals surface area contributed by atoms with Gasteiger partial charge >= 0.3 is 0 Å². The van der Waals surface area contributed by atoms with Gasteiger partial charge < -0.3 is 9.73 Å². The number of aromatic nitrogens is 1. The molecule has 1 amide bonds. The number of furan rings is 1. The summed E-state index contributed by atoms with van der Waals surface area (Å²) in [5, 5.41) is 2.97. The van der Waals surface area contributed by atoms with Crippen molar-refractivity contribution in [3.63, 3.8) is 0 Å². The highest BCUT2D eigenvalue weighted by molar-refractivity contribution is 5.78. The maximum Gasteiger partial charge on any atom is 0.234 e. The molecule has 1 N–H and O–H groups in total. The van der Waals surface area contributed by atoms with Crippen LogP contribution in [0.25, 0.3) is 0 Å². The topological polar surface area (TPSA) is 58.4 Å². The van der Waals surface area contributed by atoms with Crippen LogP contribution in [-0.2, 0) is 11.3 Å². The Balaban J connectivity index is 1.60. The predicted molar refractivity (Wildman–Crippen MR) is 92.3 cm³/mol. The molecule has 0 unspecified atom stereocenters. The van der Waals surface area contributed by atoms with Crippen LogP contribution >= 0.6 is 0 Å². The number of carbonyl (C=O) groups is 1. The zero-order valence-electron chi connectivity index (χ0n) is 14.2. The Morgan fingerprint density at radius 1 is 1.29 bits per heavy atom. The zero-order valence-corrected chi connectivity index (χ0v) is 14.2. The Labute approximate surface area is 143 Å². The summed E-state index contributed by atoms with van der Waals surface area (Å²) in [6.07, 6.45) is 6.30. The van der Waals surface area contributed by atoms with Crippen molar-refractivity contribution in [2.45, 2.75) is 45.2 Å². The molecule has 0 saturated carbocycles. The van der Waals surface area contributed by atoms with Crippen molar-refractivity contribution in [1.82, 2.24) is 15.2 Å². The zero-order chi connectivity index (χ0) is 16.8. The van der Waals surface area contributed by atoms with Gasteiger partial charge in [-0.2, -0.15) is 0 Å². The molecular weight excluding hydrogens is 302 g/mol. The summed E-state index contributed by atoms with van der Waals surface area (Å²) in [5.74, 6) is 1.94. The van der Waals surface area contributed by atoms with Gasteiger partial charge in [-0.05, 0) is 50.6 Å². The molecule has 1 atom stereocenters. The maximum atomic E-state index is 12.4. The molecule has 3 rings (SSSR count). The number of nitrogens with one attached hydrogen (secondary N) is 1. The van der Waals surface area contributed by atoms with Crippen LogP contribution in [0.1, 0.15) is 48.9 Å². The molecule has 5 heteroatoms. The van der Waals surface area contributed by atoms with Crippen LogP contribution in [-0.4, -0.2) is 28.9 Å². The van der Waals surface area contributed by atoms with E-state index in [0.29, 0.717) is 13.1 Å². The molecule has 1 fully saturated rings. The molecule has 2 aromatic rings. The van der Waals surface area contributed by atoms with E-state index in [1.165, 1.54) is 12.8 Å². The number of amides is 1. The Hall–Kier alpha value is -2.14. The summed E-state index contributed by atoms with van der Waals surface area (Å²) < 4.78 is 5.84. The monoisotopic (exact) mass is 327 g/mol. The Bertz CT molecular complexity index is 654. The molecule has 0 aliphatic carbocycles. The first kappa shape index (κ1) is 16.7. The smallest absolute Gasteiger partial charge is 0.234 e. The lowest BCUT2D eigenvalue weighted by molar-refractivity contribution is -0.123. The summed E-state index contributed by atoms with van der Waals surface area (Å²) in [6, 6.07) is 9.96. The number of hydrogen-bond donors (Lipinski definition) is 1. The number of nitrogens with zero attached hydrogens (tertiary/aromatic N) is 2. The highest BCUT2D eigenvalue weighted by Crippen LogP contribution is 2.30. The third kappa shape index (κ3) is 4.45. The fourth-order valence-corrected chi connectivity index (χ4v) is 3.24. The van der Waals surface area contributed by atoms with Crippen LogP contribution in [0.4, 0.5) is 0 Å². The van der Waals surface area contributed by atoms with E-state index in [1.807, 2.05) is 37.3 Å². The van der Waals surface area contributed by atoms with Crippen molar-refractivity contribution in [3.05, 3.63) is 53.7 Å². The van der Waals surface area contributed by atoms with Gasteiger partial charge in [0.1, 0.15) is 11.5 Å². The number of aryl methyl sites for hydroxylation is 1. The third-order valence-electron chi connectivity index (χ3n) is 4.49. The van der Waals surface area contributed by atoms with Crippen molar-refractivity contribution in [3.8, 4) is 0 Å². The second-order valence-electron chi connectivity index (χ2n) is 6.38. The minimum absolute atomic E-state index is 0.0378. The van der Waals surface area contributed by atoms with Gasteiger partial charge in [-0.1, -0.05) is 18.9 Å². The maximum absolute atomic E-state index is 12.4. The van der Waals surface area contributed by atoms with Crippen LogP contribution in [0.15, 0.2) is 40.9 Å². The highest BCUT2D eigenvalue weighted by atomic mass is 16.3. The van der Waals surface area contributed by atoms with E-state index < -0.39 is 0 Å². The lowest BCUT2D eigenvalue weighted by Gasteiger charge is -2.27. The lowest BCUT2D eigenvalue weighted by atomic mass is 10.1. The molecule has 0 radical (unpaired) electrons. The van der Waals surface area contributed by atoms with Crippen molar-refractivity contribution in [1.29, 1.82) is 0 Å². The minimum atomic E-state index is 0.0378. The average molecular weight is 327 g/mol. The lowest BCUT2D eigenvalue weighted by Crippen LogP contribution is -2.39. The van der Waals surface area contributed by atoms with Gasteiger partial charge in [-0.25, -0.2) is 0 Å². The molecule has 0 bridgehead atoms. The third-order valence-corrected chi connectivity index (χ3v) is 4.49. The summed E-state index contributed by atoms with van der Waals surface area (Å²) in [7, 11) is 0. The SMILES string of the molecule is Cc1ccc([C@@H]2CCCCCN2CC(=O)NCc2ccccn2)o1. The number of carbonyl (C=O) groups excluding carboxylic acids is 1. The Morgan fingerprint density at radius 2 is 2.21 bits per heavy atom. The predicted octanol–water partition coefficient (Wildman–Crippen LogP) is 3.22. The van der Waals surface area contributed by atoms with Crippen LogP contribution in [0.2, 0.25) is 0 Å². The van der Waals surface area contributed by atoms with Crippen LogP contribution in [0.5, 0.6) is 0 Å². The van der Waals surface area contributed by atoms with E-state index in [9.17, 15) is 4.79 Å². The van der Waals surface area contributed by atoms with Gasteiger partial charge in [0.05, 0.1) is 24.8 Å². The van der Waals surface area contributed by atoms with Crippen LogP contribution < -0.4 is 5.32 Å². The summed E-state index contributed by atoms with van der Waals surface area (Å²) in [4.78, 5) is 18.9. The van der Waals surface area contributed by atoms with Crippen LogP contribution in [0.3, 0.4) is 0 Å². The molecule has 3 heterocycles. The quantitative estimate of drug-likeness (QED) is 0.916. The first-order chi connectivity index (χ1) is 11.7. The average Bonchev–Trinajstić information content (AvgIpc) is 2.89. The first-order valence-electron chi connectivity index (χ1n) is 8.69.